The molecule has 0 saturated heterocycles. The Labute approximate surface area is 176 Å². The summed E-state index contributed by atoms with van der Waals surface area (Å²) >= 11 is 0. The summed E-state index contributed by atoms with van der Waals surface area (Å²) in [5.74, 6) is 1.06. The molecular weight excluding hydrogens is 408 g/mol. The Balaban J connectivity index is 1.33. The average Bonchev–Trinajstić information content (AvgIpc) is 3.17. The van der Waals surface area contributed by atoms with Crippen molar-refractivity contribution in [1.82, 2.24) is 24.7 Å². The summed E-state index contributed by atoms with van der Waals surface area (Å²) in [6.45, 7) is -1.31. The number of hydrogen-bond acceptors (Lipinski definition) is 8. The van der Waals surface area contributed by atoms with E-state index in [4.69, 9.17) is 0 Å². The molecule has 0 bridgehead atoms. The zero-order valence-electron chi connectivity index (χ0n) is 16.7. The molecule has 162 valence electrons. The largest absolute Gasteiger partial charge is 0.431 e. The maximum absolute atomic E-state index is 12.4. The molecule has 0 unspecified atom stereocenters. The number of alkyl halides is 2. The zero-order chi connectivity index (χ0) is 21.8. The van der Waals surface area contributed by atoms with Crippen LogP contribution in [0.3, 0.4) is 0 Å². The van der Waals surface area contributed by atoms with E-state index in [0.717, 1.165) is 19.3 Å². The normalized spacial score (nSPS) is 18.2. The van der Waals surface area contributed by atoms with Crippen LogP contribution in [-0.4, -0.2) is 43.4 Å². The van der Waals surface area contributed by atoms with E-state index < -0.39 is 6.61 Å². The lowest BCUT2D eigenvalue weighted by Crippen LogP contribution is -2.22. The number of aromatic nitrogens is 5. The Bertz CT molecular complexity index is 1090. The molecule has 9 nitrogen and oxygen atoms in total. The summed E-state index contributed by atoms with van der Waals surface area (Å²) in [5, 5.41) is 10.7. The highest BCUT2D eigenvalue weighted by molar-refractivity contribution is 5.41. The molecule has 1 aliphatic rings. The number of rotatable bonds is 7. The number of nitrogens with one attached hydrogen (secondary N) is 2. The molecule has 1 aliphatic carbocycles. The van der Waals surface area contributed by atoms with Crippen LogP contribution in [0.2, 0.25) is 0 Å². The van der Waals surface area contributed by atoms with Gasteiger partial charge in [0.25, 0.3) is 5.56 Å². The van der Waals surface area contributed by atoms with Crippen LogP contribution in [0.25, 0.3) is 5.69 Å². The van der Waals surface area contributed by atoms with Crippen molar-refractivity contribution in [3.63, 3.8) is 0 Å². The molecule has 4 rings (SSSR count). The molecular formula is C20H21F2N7O2. The van der Waals surface area contributed by atoms with Crippen LogP contribution in [0.1, 0.15) is 25.0 Å². The Hall–Kier alpha value is -3.63. The topological polar surface area (TPSA) is 107 Å². The van der Waals surface area contributed by atoms with E-state index >= 15 is 0 Å². The predicted octanol–water partition coefficient (Wildman–Crippen LogP) is 2.77. The molecule has 0 aliphatic heterocycles. The van der Waals surface area contributed by atoms with Crippen molar-refractivity contribution in [1.29, 1.82) is 0 Å². The second kappa shape index (κ2) is 9.02. The third-order valence-corrected chi connectivity index (χ3v) is 4.98. The monoisotopic (exact) mass is 429 g/mol. The molecule has 2 N–H and O–H groups in total. The molecule has 1 fully saturated rings. The van der Waals surface area contributed by atoms with Gasteiger partial charge in [-0.25, -0.2) is 15.0 Å². The van der Waals surface area contributed by atoms with Gasteiger partial charge in [0.05, 0.1) is 23.8 Å². The summed E-state index contributed by atoms with van der Waals surface area (Å²) in [5.41, 5.74) is 0.719. The van der Waals surface area contributed by atoms with Gasteiger partial charge in [-0.1, -0.05) is 0 Å². The second-order valence-electron chi connectivity index (χ2n) is 7.19. The van der Waals surface area contributed by atoms with Crippen LogP contribution >= 0.6 is 0 Å². The van der Waals surface area contributed by atoms with E-state index in [1.165, 1.54) is 16.9 Å². The zero-order valence-corrected chi connectivity index (χ0v) is 16.7. The standard InChI is InChI=1S/C20H21F2N7O2/c1-12-16(31-19(21)22)11-24-20(26-12)28-14-5-4-13(9-14)27-17-7-6-15(10-23-17)29-18(30)3-2-8-25-29/h2-3,6-8,10-11,13-14,19H,4-5,9H2,1H3,(H,23,27)(H,24,26,28)/t13-,14-/m0/s1. The SMILES string of the molecule is Cc1nc(N[C@H]2CC[C@H](Nc3ccc(-n4ncccc4=O)cn3)C2)ncc1OC(F)F. The second-order valence-corrected chi connectivity index (χ2v) is 7.19. The van der Waals surface area contributed by atoms with Crippen LogP contribution in [0.4, 0.5) is 20.5 Å². The van der Waals surface area contributed by atoms with Gasteiger partial charge >= 0.3 is 6.61 Å². The van der Waals surface area contributed by atoms with E-state index in [9.17, 15) is 13.6 Å². The first-order chi connectivity index (χ1) is 15.0. The first-order valence-corrected chi connectivity index (χ1v) is 9.80. The molecule has 3 heterocycles. The van der Waals surface area contributed by atoms with E-state index in [1.807, 2.05) is 6.07 Å². The highest BCUT2D eigenvalue weighted by Gasteiger charge is 2.25. The minimum atomic E-state index is -2.91. The van der Waals surface area contributed by atoms with Crippen molar-refractivity contribution in [3.05, 3.63) is 58.9 Å². The van der Waals surface area contributed by atoms with Crippen LogP contribution in [-0.2, 0) is 0 Å². The summed E-state index contributed by atoms with van der Waals surface area (Å²) in [6.07, 6.45) is 7.04. The number of ether oxygens (including phenoxy) is 1. The van der Waals surface area contributed by atoms with Crippen molar-refractivity contribution in [2.24, 2.45) is 0 Å². The van der Waals surface area contributed by atoms with Gasteiger partial charge in [-0.2, -0.15) is 18.6 Å². The molecule has 2 atom stereocenters. The molecule has 0 amide bonds. The minimum absolute atomic E-state index is 0.0333. The molecule has 0 aromatic carbocycles. The molecule has 0 spiro atoms. The van der Waals surface area contributed by atoms with Gasteiger partial charge < -0.3 is 15.4 Å². The Morgan fingerprint density at radius 2 is 1.94 bits per heavy atom. The van der Waals surface area contributed by atoms with Gasteiger partial charge in [-0.3, -0.25) is 4.79 Å². The predicted molar refractivity (Wildman–Crippen MR) is 110 cm³/mol. The summed E-state index contributed by atoms with van der Waals surface area (Å²) in [6, 6.07) is 6.97. The quantitative estimate of drug-likeness (QED) is 0.591. The molecule has 31 heavy (non-hydrogen) atoms. The van der Waals surface area contributed by atoms with Gasteiger partial charge in [0.1, 0.15) is 5.82 Å². The van der Waals surface area contributed by atoms with Crippen LogP contribution in [0, 0.1) is 6.92 Å². The molecule has 11 heteroatoms. The van der Waals surface area contributed by atoms with Crippen molar-refractivity contribution in [2.45, 2.75) is 44.9 Å². The van der Waals surface area contributed by atoms with Gasteiger partial charge in [-0.05, 0) is 44.4 Å². The van der Waals surface area contributed by atoms with Crippen molar-refractivity contribution >= 4 is 11.8 Å². The first-order valence-electron chi connectivity index (χ1n) is 9.80. The maximum Gasteiger partial charge on any atom is 0.387 e. The van der Waals surface area contributed by atoms with Crippen LogP contribution in [0.15, 0.2) is 47.7 Å². The van der Waals surface area contributed by atoms with Gasteiger partial charge in [0.15, 0.2) is 5.75 Å². The first kappa shape index (κ1) is 20.6. The third-order valence-electron chi connectivity index (χ3n) is 4.98. The van der Waals surface area contributed by atoms with E-state index in [0.29, 0.717) is 23.1 Å². The Morgan fingerprint density at radius 3 is 2.61 bits per heavy atom. The number of anilines is 2. The fraction of sp³-hybridized carbons (Fsp3) is 0.350. The summed E-state index contributed by atoms with van der Waals surface area (Å²) in [4.78, 5) is 24.5. The maximum atomic E-state index is 12.4. The lowest BCUT2D eigenvalue weighted by atomic mass is 10.2. The fourth-order valence-corrected chi connectivity index (χ4v) is 3.52. The lowest BCUT2D eigenvalue weighted by Gasteiger charge is -2.16. The molecule has 3 aromatic rings. The molecule has 1 saturated carbocycles. The smallest absolute Gasteiger partial charge is 0.387 e. The number of hydrogen-bond donors (Lipinski definition) is 2. The van der Waals surface area contributed by atoms with Crippen molar-refractivity contribution in [2.75, 3.05) is 10.6 Å². The highest BCUT2D eigenvalue weighted by atomic mass is 19.3. The van der Waals surface area contributed by atoms with Gasteiger partial charge in [0, 0.05) is 24.3 Å². The van der Waals surface area contributed by atoms with E-state index in [-0.39, 0.29) is 23.4 Å². The summed E-state index contributed by atoms with van der Waals surface area (Å²) in [7, 11) is 0. The van der Waals surface area contributed by atoms with Crippen LogP contribution in [0.5, 0.6) is 5.75 Å². The minimum Gasteiger partial charge on any atom is -0.431 e. The number of aryl methyl sites for hydroxylation is 1. The lowest BCUT2D eigenvalue weighted by molar-refractivity contribution is -0.0508. The van der Waals surface area contributed by atoms with Gasteiger partial charge in [-0.15, -0.1) is 0 Å². The highest BCUT2D eigenvalue weighted by Crippen LogP contribution is 2.25. The molecule has 0 radical (unpaired) electrons. The third kappa shape index (κ3) is 5.11. The average molecular weight is 429 g/mol. The Kier molecular flexibility index (Phi) is 6.01. The van der Waals surface area contributed by atoms with E-state index in [2.05, 4.69) is 35.4 Å². The van der Waals surface area contributed by atoms with Crippen LogP contribution < -0.4 is 20.9 Å². The fourth-order valence-electron chi connectivity index (χ4n) is 3.52. The Morgan fingerprint density at radius 1 is 1.13 bits per heavy atom. The summed E-state index contributed by atoms with van der Waals surface area (Å²) < 4.78 is 30.4. The number of halogens is 2. The van der Waals surface area contributed by atoms with Crippen molar-refractivity contribution < 1.29 is 13.5 Å². The van der Waals surface area contributed by atoms with Crippen molar-refractivity contribution in [3.8, 4) is 11.4 Å². The molecule has 3 aromatic heterocycles. The number of pyridine rings is 1. The van der Waals surface area contributed by atoms with Gasteiger partial charge in [0.2, 0.25) is 5.95 Å². The van der Waals surface area contributed by atoms with E-state index in [1.54, 1.807) is 31.5 Å². The number of nitrogens with zero attached hydrogens (tertiary/aromatic N) is 5.